The molecule has 0 saturated carbocycles. The predicted octanol–water partition coefficient (Wildman–Crippen LogP) is 3.75. The zero-order valence-electron chi connectivity index (χ0n) is 12.5. The van der Waals surface area contributed by atoms with Gasteiger partial charge < -0.3 is 5.32 Å². The second-order valence-corrected chi connectivity index (χ2v) is 7.19. The zero-order valence-corrected chi connectivity index (χ0v) is 13.3. The molecule has 0 amide bonds. The lowest BCUT2D eigenvalue weighted by molar-refractivity contribution is 0.369. The van der Waals surface area contributed by atoms with Crippen molar-refractivity contribution in [2.24, 2.45) is 5.41 Å². The maximum Gasteiger partial charge on any atom is 0.117 e. The molecule has 0 radical (unpaired) electrons. The minimum Gasteiger partial charge on any atom is -0.316 e. The van der Waals surface area contributed by atoms with Crippen molar-refractivity contribution >= 4 is 22.7 Å². The van der Waals surface area contributed by atoms with Crippen molar-refractivity contribution in [3.8, 4) is 0 Å². The third kappa shape index (κ3) is 4.76. The van der Waals surface area contributed by atoms with E-state index in [0.717, 1.165) is 34.8 Å². The molecule has 0 aliphatic rings. The molecule has 0 bridgehead atoms. The molecular formula is C16H23N3S. The van der Waals surface area contributed by atoms with Crippen LogP contribution in [-0.2, 0) is 0 Å². The Morgan fingerprint density at radius 2 is 1.90 bits per heavy atom. The van der Waals surface area contributed by atoms with Gasteiger partial charge in [-0.05, 0) is 24.4 Å². The average Bonchev–Trinajstić information content (AvgIpc) is 2.41. The summed E-state index contributed by atoms with van der Waals surface area (Å²) in [5.74, 6) is 1.03. The minimum absolute atomic E-state index is 0.406. The van der Waals surface area contributed by atoms with E-state index in [1.54, 1.807) is 18.1 Å². The fraction of sp³-hybridized carbons (Fsp3) is 0.500. The highest BCUT2D eigenvalue weighted by Gasteiger charge is 2.08. The van der Waals surface area contributed by atoms with E-state index in [0.29, 0.717) is 5.41 Å². The summed E-state index contributed by atoms with van der Waals surface area (Å²) < 4.78 is 0. The van der Waals surface area contributed by atoms with E-state index < -0.39 is 0 Å². The van der Waals surface area contributed by atoms with Crippen LogP contribution in [0.1, 0.15) is 27.2 Å². The molecule has 2 aromatic rings. The van der Waals surface area contributed by atoms with Crippen LogP contribution in [0.3, 0.4) is 0 Å². The summed E-state index contributed by atoms with van der Waals surface area (Å²) in [5.41, 5.74) is 1.42. The van der Waals surface area contributed by atoms with E-state index in [1.807, 2.05) is 18.2 Å². The highest BCUT2D eigenvalue weighted by molar-refractivity contribution is 7.99. The lowest BCUT2D eigenvalue weighted by Gasteiger charge is -2.17. The molecule has 0 atom stereocenters. The standard InChI is InChI=1S/C16H23N3S/c1-16(2,3)8-9-17-10-11-20-15-13-6-4-5-7-14(13)18-12-19-15/h4-7,12,17H,8-11H2,1-3H3. The second kappa shape index (κ2) is 7.04. The first-order valence-electron chi connectivity index (χ1n) is 7.09. The van der Waals surface area contributed by atoms with Gasteiger partial charge in [-0.25, -0.2) is 9.97 Å². The fourth-order valence-corrected chi connectivity index (χ4v) is 2.79. The maximum atomic E-state index is 4.39. The number of aromatic nitrogens is 2. The first-order valence-corrected chi connectivity index (χ1v) is 8.08. The van der Waals surface area contributed by atoms with Gasteiger partial charge in [-0.2, -0.15) is 0 Å². The van der Waals surface area contributed by atoms with Crippen LogP contribution in [-0.4, -0.2) is 28.8 Å². The SMILES string of the molecule is CC(C)(C)CCNCCSc1ncnc2ccccc12. The van der Waals surface area contributed by atoms with Gasteiger partial charge in [-0.1, -0.05) is 39.0 Å². The van der Waals surface area contributed by atoms with Crippen molar-refractivity contribution in [2.75, 3.05) is 18.8 Å². The maximum absolute atomic E-state index is 4.39. The molecule has 1 aromatic carbocycles. The summed E-state index contributed by atoms with van der Waals surface area (Å²) in [6, 6.07) is 8.17. The normalized spacial score (nSPS) is 11.9. The van der Waals surface area contributed by atoms with E-state index in [-0.39, 0.29) is 0 Å². The summed E-state index contributed by atoms with van der Waals surface area (Å²) in [7, 11) is 0. The van der Waals surface area contributed by atoms with E-state index in [1.165, 1.54) is 6.42 Å². The van der Waals surface area contributed by atoms with Crippen LogP contribution in [0.4, 0.5) is 0 Å². The van der Waals surface area contributed by atoms with Crippen molar-refractivity contribution in [1.29, 1.82) is 0 Å². The third-order valence-electron chi connectivity index (χ3n) is 3.08. The summed E-state index contributed by atoms with van der Waals surface area (Å²) >= 11 is 1.79. The average molecular weight is 289 g/mol. The van der Waals surface area contributed by atoms with Crippen LogP contribution in [0.2, 0.25) is 0 Å². The van der Waals surface area contributed by atoms with Gasteiger partial charge in [-0.3, -0.25) is 0 Å². The summed E-state index contributed by atoms with van der Waals surface area (Å²) in [6.07, 6.45) is 2.85. The molecule has 108 valence electrons. The molecule has 1 aromatic heterocycles. The van der Waals surface area contributed by atoms with Gasteiger partial charge in [0, 0.05) is 17.7 Å². The number of benzene rings is 1. The van der Waals surface area contributed by atoms with Gasteiger partial charge in [0.05, 0.1) is 5.52 Å². The monoisotopic (exact) mass is 289 g/mol. The van der Waals surface area contributed by atoms with Gasteiger partial charge in [-0.15, -0.1) is 11.8 Å². The molecule has 0 unspecified atom stereocenters. The Balaban J connectivity index is 1.79. The van der Waals surface area contributed by atoms with Gasteiger partial charge >= 0.3 is 0 Å². The van der Waals surface area contributed by atoms with E-state index >= 15 is 0 Å². The number of para-hydroxylation sites is 1. The lowest BCUT2D eigenvalue weighted by atomic mass is 9.92. The second-order valence-electron chi connectivity index (χ2n) is 6.11. The molecule has 0 aliphatic carbocycles. The van der Waals surface area contributed by atoms with Crippen LogP contribution in [0.15, 0.2) is 35.6 Å². The Hall–Kier alpha value is -1.13. The van der Waals surface area contributed by atoms with Crippen molar-refractivity contribution in [1.82, 2.24) is 15.3 Å². The van der Waals surface area contributed by atoms with Crippen LogP contribution in [0.25, 0.3) is 10.9 Å². The van der Waals surface area contributed by atoms with Crippen molar-refractivity contribution < 1.29 is 0 Å². The quantitative estimate of drug-likeness (QED) is 0.499. The Kier molecular flexibility index (Phi) is 5.38. The Morgan fingerprint density at radius 1 is 1.10 bits per heavy atom. The number of hydrogen-bond acceptors (Lipinski definition) is 4. The highest BCUT2D eigenvalue weighted by atomic mass is 32.2. The summed E-state index contributed by atoms with van der Waals surface area (Å²) in [4.78, 5) is 8.67. The summed E-state index contributed by atoms with van der Waals surface area (Å²) in [6.45, 7) is 8.91. The largest absolute Gasteiger partial charge is 0.316 e. The molecule has 0 fully saturated rings. The fourth-order valence-electron chi connectivity index (χ4n) is 1.90. The minimum atomic E-state index is 0.406. The zero-order chi connectivity index (χ0) is 14.4. The van der Waals surface area contributed by atoms with Crippen LogP contribution in [0, 0.1) is 5.41 Å². The van der Waals surface area contributed by atoms with Crippen molar-refractivity contribution in [3.63, 3.8) is 0 Å². The molecule has 3 nitrogen and oxygen atoms in total. The first kappa shape index (κ1) is 15.3. The van der Waals surface area contributed by atoms with E-state index in [9.17, 15) is 0 Å². The topological polar surface area (TPSA) is 37.8 Å². The van der Waals surface area contributed by atoms with Gasteiger partial charge in [0.25, 0.3) is 0 Å². The molecule has 20 heavy (non-hydrogen) atoms. The molecule has 2 rings (SSSR count). The first-order chi connectivity index (χ1) is 9.56. The molecular weight excluding hydrogens is 266 g/mol. The Bertz CT molecular complexity index is 543. The lowest BCUT2D eigenvalue weighted by Crippen LogP contribution is -2.22. The number of fused-ring (bicyclic) bond motifs is 1. The van der Waals surface area contributed by atoms with Crippen LogP contribution in [0.5, 0.6) is 0 Å². The van der Waals surface area contributed by atoms with Crippen LogP contribution >= 0.6 is 11.8 Å². The van der Waals surface area contributed by atoms with Crippen molar-refractivity contribution in [2.45, 2.75) is 32.2 Å². The number of nitrogens with zero attached hydrogens (tertiary/aromatic N) is 2. The molecule has 0 aliphatic heterocycles. The Labute approximate surface area is 125 Å². The highest BCUT2D eigenvalue weighted by Crippen LogP contribution is 2.23. The number of hydrogen-bond donors (Lipinski definition) is 1. The number of rotatable bonds is 6. The number of nitrogens with one attached hydrogen (secondary N) is 1. The van der Waals surface area contributed by atoms with Gasteiger partial charge in [0.2, 0.25) is 0 Å². The molecule has 0 spiro atoms. The smallest absolute Gasteiger partial charge is 0.117 e. The third-order valence-corrected chi connectivity index (χ3v) is 4.08. The van der Waals surface area contributed by atoms with Crippen molar-refractivity contribution in [3.05, 3.63) is 30.6 Å². The number of thioether (sulfide) groups is 1. The molecule has 1 heterocycles. The predicted molar refractivity (Wildman–Crippen MR) is 87.2 cm³/mol. The van der Waals surface area contributed by atoms with Crippen LogP contribution < -0.4 is 5.32 Å². The van der Waals surface area contributed by atoms with E-state index in [2.05, 4.69) is 42.1 Å². The molecule has 0 saturated heterocycles. The Morgan fingerprint density at radius 3 is 2.70 bits per heavy atom. The van der Waals surface area contributed by atoms with Gasteiger partial charge in [0.15, 0.2) is 0 Å². The van der Waals surface area contributed by atoms with E-state index in [4.69, 9.17) is 0 Å². The molecule has 1 N–H and O–H groups in total. The molecule has 4 heteroatoms. The van der Waals surface area contributed by atoms with Gasteiger partial charge in [0.1, 0.15) is 11.4 Å². The summed E-state index contributed by atoms with van der Waals surface area (Å²) in [5, 5.41) is 5.72.